The van der Waals surface area contributed by atoms with Crippen LogP contribution in [0.3, 0.4) is 0 Å². The Morgan fingerprint density at radius 3 is 2.28 bits per heavy atom. The molecule has 0 aliphatic carbocycles. The molecule has 2 atom stereocenters. The maximum absolute atomic E-state index is 13.7. The third-order valence-electron chi connectivity index (χ3n) is 7.49. The van der Waals surface area contributed by atoms with Crippen molar-refractivity contribution in [1.29, 1.82) is 0 Å². The van der Waals surface area contributed by atoms with Crippen molar-refractivity contribution in [3.63, 3.8) is 0 Å². The van der Waals surface area contributed by atoms with Crippen LogP contribution in [0.2, 0.25) is 0 Å². The number of nitrogens with zero attached hydrogens (tertiary/aromatic N) is 3. The van der Waals surface area contributed by atoms with Gasteiger partial charge in [-0.1, -0.05) is 50.2 Å². The van der Waals surface area contributed by atoms with Crippen molar-refractivity contribution in [2.75, 3.05) is 27.2 Å². The number of sulfonamides is 1. The van der Waals surface area contributed by atoms with E-state index in [0.717, 1.165) is 5.56 Å². The molecular formula is C35H42N4O7S. The highest BCUT2D eigenvalue weighted by atomic mass is 32.2. The normalized spacial score (nSPS) is 12.9. The molecule has 2 N–H and O–H groups in total. The Morgan fingerprint density at radius 1 is 0.979 bits per heavy atom. The van der Waals surface area contributed by atoms with E-state index in [1.54, 1.807) is 44.3 Å². The van der Waals surface area contributed by atoms with Crippen LogP contribution in [0.1, 0.15) is 51.7 Å². The van der Waals surface area contributed by atoms with Gasteiger partial charge in [0.15, 0.2) is 0 Å². The molecule has 47 heavy (non-hydrogen) atoms. The third-order valence-corrected chi connectivity index (χ3v) is 9.34. The van der Waals surface area contributed by atoms with Gasteiger partial charge in [0, 0.05) is 31.3 Å². The SMILES string of the molecule is COc1ccc(S(=O)(=O)N(CC(C)C)C[C@@H](O)[C@H](Cc2ccccc2)NC(=O)c2cccc(C(=O)N(C)Cc3nc(C)co3)c2)cc1. The summed E-state index contributed by atoms with van der Waals surface area (Å²) in [7, 11) is -0.882. The number of oxazole rings is 1. The van der Waals surface area contributed by atoms with E-state index in [-0.39, 0.29) is 53.9 Å². The number of carbonyl (C=O) groups excluding carboxylic acids is 2. The van der Waals surface area contributed by atoms with E-state index >= 15 is 0 Å². The molecule has 0 unspecified atom stereocenters. The van der Waals surface area contributed by atoms with Crippen LogP contribution in [0.5, 0.6) is 5.75 Å². The number of rotatable bonds is 15. The smallest absolute Gasteiger partial charge is 0.254 e. The highest BCUT2D eigenvalue weighted by Crippen LogP contribution is 2.22. The van der Waals surface area contributed by atoms with Crippen LogP contribution in [0.15, 0.2) is 94.4 Å². The van der Waals surface area contributed by atoms with Gasteiger partial charge < -0.3 is 24.5 Å². The Hall–Kier alpha value is -4.52. The Bertz CT molecular complexity index is 1740. The monoisotopic (exact) mass is 662 g/mol. The van der Waals surface area contributed by atoms with Crippen molar-refractivity contribution < 1.29 is 32.3 Å². The number of aliphatic hydroxyl groups excluding tert-OH is 1. The molecule has 0 bridgehead atoms. The van der Waals surface area contributed by atoms with Gasteiger partial charge in [0.25, 0.3) is 11.8 Å². The van der Waals surface area contributed by atoms with Crippen molar-refractivity contribution in [3.05, 3.63) is 113 Å². The first kappa shape index (κ1) is 35.3. The fourth-order valence-electron chi connectivity index (χ4n) is 5.08. The molecule has 2 amide bonds. The van der Waals surface area contributed by atoms with E-state index in [1.807, 2.05) is 44.2 Å². The Morgan fingerprint density at radius 2 is 1.66 bits per heavy atom. The van der Waals surface area contributed by atoms with Crippen molar-refractivity contribution in [2.45, 2.75) is 50.8 Å². The first-order valence-corrected chi connectivity index (χ1v) is 16.7. The van der Waals surface area contributed by atoms with Crippen molar-refractivity contribution in [3.8, 4) is 5.75 Å². The summed E-state index contributed by atoms with van der Waals surface area (Å²) >= 11 is 0. The number of hydrogen-bond acceptors (Lipinski definition) is 8. The molecule has 1 heterocycles. The van der Waals surface area contributed by atoms with E-state index in [9.17, 15) is 23.1 Å². The predicted octanol–water partition coefficient (Wildman–Crippen LogP) is 4.31. The number of carbonyl (C=O) groups is 2. The van der Waals surface area contributed by atoms with Crippen LogP contribution in [-0.4, -0.2) is 78.9 Å². The first-order valence-electron chi connectivity index (χ1n) is 15.3. The quantitative estimate of drug-likeness (QED) is 0.192. The molecule has 12 heteroatoms. The summed E-state index contributed by atoms with van der Waals surface area (Å²) in [5, 5.41) is 14.5. The van der Waals surface area contributed by atoms with Gasteiger partial charge in [-0.3, -0.25) is 9.59 Å². The molecule has 4 aromatic rings. The van der Waals surface area contributed by atoms with Gasteiger partial charge in [0.1, 0.15) is 12.0 Å². The maximum atomic E-state index is 13.7. The number of aliphatic hydroxyl groups is 1. The van der Waals surface area contributed by atoms with Gasteiger partial charge in [-0.05, 0) is 67.3 Å². The van der Waals surface area contributed by atoms with Crippen molar-refractivity contribution in [2.24, 2.45) is 5.92 Å². The number of ether oxygens (including phenoxy) is 1. The number of nitrogens with one attached hydrogen (secondary N) is 1. The topological polar surface area (TPSA) is 142 Å². The van der Waals surface area contributed by atoms with E-state index in [0.29, 0.717) is 17.3 Å². The van der Waals surface area contributed by atoms with E-state index in [4.69, 9.17) is 9.15 Å². The lowest BCUT2D eigenvalue weighted by atomic mass is 10.00. The van der Waals surface area contributed by atoms with Gasteiger partial charge in [0.05, 0.1) is 36.4 Å². The Kier molecular flexibility index (Phi) is 11.9. The third kappa shape index (κ3) is 9.50. The van der Waals surface area contributed by atoms with Crippen LogP contribution in [-0.2, 0) is 23.0 Å². The summed E-state index contributed by atoms with van der Waals surface area (Å²) in [4.78, 5) is 32.5. The summed E-state index contributed by atoms with van der Waals surface area (Å²) in [5.74, 6) is 0.0319. The summed E-state index contributed by atoms with van der Waals surface area (Å²) in [5.41, 5.74) is 2.05. The second kappa shape index (κ2) is 15.9. The summed E-state index contributed by atoms with van der Waals surface area (Å²) < 4.78 is 39.3. The number of amides is 2. The molecule has 1 aromatic heterocycles. The van der Waals surface area contributed by atoms with Crippen molar-refractivity contribution in [1.82, 2.24) is 19.5 Å². The zero-order valence-corrected chi connectivity index (χ0v) is 28.1. The average Bonchev–Trinajstić information content (AvgIpc) is 3.47. The fraction of sp³-hybridized carbons (Fsp3) is 0.343. The summed E-state index contributed by atoms with van der Waals surface area (Å²) in [6.07, 6.45) is 0.476. The number of methoxy groups -OCH3 is 1. The molecule has 3 aromatic carbocycles. The molecule has 0 fully saturated rings. The van der Waals surface area contributed by atoms with E-state index < -0.39 is 28.1 Å². The summed E-state index contributed by atoms with van der Waals surface area (Å²) in [6, 6.07) is 20.8. The zero-order valence-electron chi connectivity index (χ0n) is 27.3. The Labute approximate surface area is 276 Å². The molecule has 0 saturated heterocycles. The lowest BCUT2D eigenvalue weighted by Crippen LogP contribution is -2.51. The molecule has 0 spiro atoms. The van der Waals surface area contributed by atoms with Gasteiger partial charge in [-0.2, -0.15) is 4.31 Å². The first-order chi connectivity index (χ1) is 22.4. The molecule has 0 saturated carbocycles. The lowest BCUT2D eigenvalue weighted by Gasteiger charge is -2.31. The molecule has 4 rings (SSSR count). The molecule has 11 nitrogen and oxygen atoms in total. The second-order valence-corrected chi connectivity index (χ2v) is 13.8. The average molecular weight is 663 g/mol. The van der Waals surface area contributed by atoms with Gasteiger partial charge >= 0.3 is 0 Å². The number of aryl methyl sites for hydroxylation is 1. The molecule has 0 aliphatic rings. The predicted molar refractivity (Wildman–Crippen MR) is 177 cm³/mol. The van der Waals surface area contributed by atoms with Crippen LogP contribution >= 0.6 is 0 Å². The standard InChI is InChI=1S/C35H42N4O7S/c1-24(2)20-39(47(43,44)30-16-14-29(45-5)15-17-30)21-32(40)31(18-26-10-7-6-8-11-26)37-34(41)27-12-9-13-28(19-27)35(42)38(4)22-33-36-25(3)23-46-33/h6-17,19,23-24,31-32,40H,18,20-22H2,1-5H3,(H,37,41)/t31-,32+/m0/s1. The van der Waals surface area contributed by atoms with Gasteiger partial charge in [-0.15, -0.1) is 0 Å². The summed E-state index contributed by atoms with van der Waals surface area (Å²) in [6.45, 7) is 5.63. The number of aromatic nitrogens is 1. The minimum absolute atomic E-state index is 0.0385. The van der Waals surface area contributed by atoms with Crippen LogP contribution in [0.4, 0.5) is 0 Å². The molecule has 0 aliphatic heterocycles. The second-order valence-electron chi connectivity index (χ2n) is 11.9. The number of hydrogen-bond donors (Lipinski definition) is 2. The van der Waals surface area contributed by atoms with Crippen LogP contribution in [0, 0.1) is 12.8 Å². The Balaban J connectivity index is 1.56. The van der Waals surface area contributed by atoms with Crippen LogP contribution in [0.25, 0.3) is 0 Å². The van der Waals surface area contributed by atoms with Crippen molar-refractivity contribution >= 4 is 21.8 Å². The van der Waals surface area contributed by atoms with E-state index in [2.05, 4.69) is 10.3 Å². The lowest BCUT2D eigenvalue weighted by molar-refractivity contribution is 0.0771. The number of benzene rings is 3. The zero-order chi connectivity index (χ0) is 34.1. The highest BCUT2D eigenvalue weighted by Gasteiger charge is 2.31. The van der Waals surface area contributed by atoms with Gasteiger partial charge in [-0.25, -0.2) is 13.4 Å². The van der Waals surface area contributed by atoms with Gasteiger partial charge in [0.2, 0.25) is 15.9 Å². The molecule has 250 valence electrons. The minimum Gasteiger partial charge on any atom is -0.497 e. The highest BCUT2D eigenvalue weighted by molar-refractivity contribution is 7.89. The molecule has 0 radical (unpaired) electrons. The fourth-order valence-corrected chi connectivity index (χ4v) is 6.70. The van der Waals surface area contributed by atoms with E-state index in [1.165, 1.54) is 40.8 Å². The minimum atomic E-state index is -4.00. The molecular weight excluding hydrogens is 620 g/mol. The largest absolute Gasteiger partial charge is 0.497 e. The maximum Gasteiger partial charge on any atom is 0.254 e. The van der Waals surface area contributed by atoms with Crippen LogP contribution < -0.4 is 10.1 Å².